The van der Waals surface area contributed by atoms with Gasteiger partial charge < -0.3 is 19.5 Å². The Hall–Kier alpha value is -2.95. The summed E-state index contributed by atoms with van der Waals surface area (Å²) in [4.78, 5) is 12.3. The van der Waals surface area contributed by atoms with Gasteiger partial charge in [0.05, 0.1) is 0 Å². The van der Waals surface area contributed by atoms with E-state index in [0.717, 1.165) is 0 Å². The Kier molecular flexibility index (Phi) is 4.47. The number of ether oxygens (including phenoxy) is 3. The lowest BCUT2D eigenvalue weighted by molar-refractivity contribution is -0.125. The molecule has 0 aliphatic carbocycles. The first-order valence-corrected chi connectivity index (χ1v) is 7.29. The predicted molar refractivity (Wildman–Crippen MR) is 87.1 cm³/mol. The second kappa shape index (κ2) is 6.87. The van der Waals surface area contributed by atoms with Gasteiger partial charge in [-0.1, -0.05) is 30.9 Å². The van der Waals surface area contributed by atoms with E-state index in [1.165, 1.54) is 0 Å². The summed E-state index contributed by atoms with van der Waals surface area (Å²) in [7, 11) is 0. The molecule has 5 heteroatoms. The maximum absolute atomic E-state index is 12.3. The van der Waals surface area contributed by atoms with Gasteiger partial charge in [0.1, 0.15) is 19.0 Å². The molecule has 0 fully saturated rings. The number of anilines is 1. The zero-order chi connectivity index (χ0) is 16.1. The second-order valence-electron chi connectivity index (χ2n) is 4.98. The van der Waals surface area contributed by atoms with Gasteiger partial charge in [-0.25, -0.2) is 0 Å². The predicted octanol–water partition coefficient (Wildman–Crippen LogP) is 3.03. The second-order valence-corrected chi connectivity index (χ2v) is 4.98. The lowest BCUT2D eigenvalue weighted by Gasteiger charge is -2.25. The molecule has 23 heavy (non-hydrogen) atoms. The van der Waals surface area contributed by atoms with Gasteiger partial charge in [-0.15, -0.1) is 0 Å². The normalized spacial score (nSPS) is 15.6. The van der Waals surface area contributed by atoms with Crippen molar-refractivity contribution < 1.29 is 19.0 Å². The van der Waals surface area contributed by atoms with Crippen LogP contribution in [0.3, 0.4) is 0 Å². The van der Waals surface area contributed by atoms with Crippen molar-refractivity contribution in [2.75, 3.05) is 18.5 Å². The third-order valence-electron chi connectivity index (χ3n) is 3.27. The molecule has 1 aliphatic heterocycles. The molecule has 0 radical (unpaired) electrons. The molecule has 1 N–H and O–H groups in total. The van der Waals surface area contributed by atoms with Crippen LogP contribution in [0.25, 0.3) is 0 Å². The highest BCUT2D eigenvalue weighted by Gasteiger charge is 2.27. The highest BCUT2D eigenvalue weighted by Crippen LogP contribution is 2.31. The molecule has 2 aromatic rings. The summed E-state index contributed by atoms with van der Waals surface area (Å²) in [5.74, 6) is 1.62. The number of benzene rings is 2. The Morgan fingerprint density at radius 2 is 2.09 bits per heavy atom. The molecule has 0 saturated carbocycles. The lowest BCUT2D eigenvalue weighted by Crippen LogP contribution is -2.40. The van der Waals surface area contributed by atoms with E-state index in [0.29, 0.717) is 29.5 Å². The molecule has 2 aromatic carbocycles. The molecule has 1 aliphatic rings. The number of rotatable bonds is 5. The van der Waals surface area contributed by atoms with Crippen LogP contribution in [-0.4, -0.2) is 25.2 Å². The van der Waals surface area contributed by atoms with E-state index in [1.807, 2.05) is 30.3 Å². The van der Waals surface area contributed by atoms with Gasteiger partial charge in [0.15, 0.2) is 11.5 Å². The summed E-state index contributed by atoms with van der Waals surface area (Å²) in [5.41, 5.74) is 0.638. The molecule has 3 rings (SSSR count). The summed E-state index contributed by atoms with van der Waals surface area (Å²) < 4.78 is 16.7. The summed E-state index contributed by atoms with van der Waals surface area (Å²) in [6.07, 6.45) is 0.971. The third kappa shape index (κ3) is 3.63. The molecule has 1 atom stereocenters. The van der Waals surface area contributed by atoms with Crippen LogP contribution in [0.15, 0.2) is 61.2 Å². The first-order chi connectivity index (χ1) is 11.3. The standard InChI is InChI=1S/C18H17NO4/c1-2-10-21-14-7-5-6-13(11-14)19-18(20)17-12-22-15-8-3-4-9-16(15)23-17/h2-9,11,17H,1,10,12H2,(H,19,20)/t17-/m1/s1. The molecule has 1 amide bonds. The van der Waals surface area contributed by atoms with Crippen molar-refractivity contribution in [3.63, 3.8) is 0 Å². The number of hydrogen-bond donors (Lipinski definition) is 1. The zero-order valence-electron chi connectivity index (χ0n) is 12.5. The molecule has 118 valence electrons. The molecule has 1 heterocycles. The van der Waals surface area contributed by atoms with Gasteiger partial charge in [-0.3, -0.25) is 4.79 Å². The number of para-hydroxylation sites is 2. The minimum atomic E-state index is -0.692. The molecular formula is C18H17NO4. The molecule has 0 aromatic heterocycles. The van der Waals surface area contributed by atoms with Crippen molar-refractivity contribution in [1.29, 1.82) is 0 Å². The van der Waals surface area contributed by atoms with Crippen LogP contribution in [0.2, 0.25) is 0 Å². The van der Waals surface area contributed by atoms with Crippen LogP contribution in [0.4, 0.5) is 5.69 Å². The van der Waals surface area contributed by atoms with Crippen LogP contribution in [0, 0.1) is 0 Å². The Bertz CT molecular complexity index is 714. The third-order valence-corrected chi connectivity index (χ3v) is 3.27. The highest BCUT2D eigenvalue weighted by atomic mass is 16.6. The van der Waals surface area contributed by atoms with Crippen molar-refractivity contribution in [3.8, 4) is 17.2 Å². The van der Waals surface area contributed by atoms with E-state index in [9.17, 15) is 4.79 Å². The highest BCUT2D eigenvalue weighted by molar-refractivity contribution is 5.94. The van der Waals surface area contributed by atoms with Crippen LogP contribution < -0.4 is 19.5 Å². The van der Waals surface area contributed by atoms with Crippen LogP contribution in [0.1, 0.15) is 0 Å². The molecule has 5 nitrogen and oxygen atoms in total. The Balaban J connectivity index is 1.65. The summed E-state index contributed by atoms with van der Waals surface area (Å²) >= 11 is 0. The largest absolute Gasteiger partial charge is 0.489 e. The average molecular weight is 311 g/mol. The summed E-state index contributed by atoms with van der Waals surface area (Å²) in [6, 6.07) is 14.4. The topological polar surface area (TPSA) is 56.8 Å². The number of carbonyl (C=O) groups excluding carboxylic acids is 1. The molecular weight excluding hydrogens is 294 g/mol. The quantitative estimate of drug-likeness (QED) is 0.862. The van der Waals surface area contributed by atoms with Crippen molar-refractivity contribution >= 4 is 11.6 Å². The SMILES string of the molecule is C=CCOc1cccc(NC(=O)[C@H]2COc3ccccc3O2)c1. The van der Waals surface area contributed by atoms with Gasteiger partial charge in [-0.2, -0.15) is 0 Å². The van der Waals surface area contributed by atoms with E-state index in [4.69, 9.17) is 14.2 Å². The van der Waals surface area contributed by atoms with Gasteiger partial charge >= 0.3 is 0 Å². The van der Waals surface area contributed by atoms with E-state index in [1.54, 1.807) is 24.3 Å². The zero-order valence-corrected chi connectivity index (χ0v) is 12.5. The van der Waals surface area contributed by atoms with Crippen LogP contribution in [0.5, 0.6) is 17.2 Å². The Morgan fingerprint density at radius 1 is 1.26 bits per heavy atom. The van der Waals surface area contributed by atoms with E-state index in [2.05, 4.69) is 11.9 Å². The number of carbonyl (C=O) groups is 1. The first-order valence-electron chi connectivity index (χ1n) is 7.29. The number of nitrogens with one attached hydrogen (secondary N) is 1. The van der Waals surface area contributed by atoms with Crippen molar-refractivity contribution in [2.45, 2.75) is 6.10 Å². The molecule has 0 unspecified atom stereocenters. The fraction of sp³-hybridized carbons (Fsp3) is 0.167. The Morgan fingerprint density at radius 3 is 2.91 bits per heavy atom. The minimum Gasteiger partial charge on any atom is -0.489 e. The minimum absolute atomic E-state index is 0.176. The summed E-state index contributed by atoms with van der Waals surface area (Å²) in [5, 5.41) is 2.81. The van der Waals surface area contributed by atoms with E-state index < -0.39 is 6.10 Å². The van der Waals surface area contributed by atoms with Crippen molar-refractivity contribution in [2.24, 2.45) is 0 Å². The van der Waals surface area contributed by atoms with Gasteiger partial charge in [0.2, 0.25) is 6.10 Å². The monoisotopic (exact) mass is 311 g/mol. The van der Waals surface area contributed by atoms with Crippen LogP contribution >= 0.6 is 0 Å². The van der Waals surface area contributed by atoms with E-state index in [-0.39, 0.29) is 12.5 Å². The number of hydrogen-bond acceptors (Lipinski definition) is 4. The maximum atomic E-state index is 12.3. The molecule has 0 saturated heterocycles. The van der Waals surface area contributed by atoms with E-state index >= 15 is 0 Å². The van der Waals surface area contributed by atoms with Crippen molar-refractivity contribution in [3.05, 3.63) is 61.2 Å². The smallest absolute Gasteiger partial charge is 0.269 e. The number of amides is 1. The van der Waals surface area contributed by atoms with Crippen LogP contribution in [-0.2, 0) is 4.79 Å². The Labute approximate surface area is 134 Å². The molecule has 0 spiro atoms. The average Bonchev–Trinajstić information content (AvgIpc) is 2.60. The van der Waals surface area contributed by atoms with Gasteiger partial charge in [-0.05, 0) is 24.3 Å². The number of fused-ring (bicyclic) bond motifs is 1. The maximum Gasteiger partial charge on any atom is 0.269 e. The fourth-order valence-corrected chi connectivity index (χ4v) is 2.19. The van der Waals surface area contributed by atoms with Gasteiger partial charge in [0, 0.05) is 11.8 Å². The fourth-order valence-electron chi connectivity index (χ4n) is 2.19. The lowest BCUT2D eigenvalue weighted by atomic mass is 10.2. The van der Waals surface area contributed by atoms with Gasteiger partial charge in [0.25, 0.3) is 5.91 Å². The first kappa shape index (κ1) is 15.0. The molecule has 0 bridgehead atoms. The van der Waals surface area contributed by atoms with Crippen molar-refractivity contribution in [1.82, 2.24) is 0 Å². The summed E-state index contributed by atoms with van der Waals surface area (Å²) in [6.45, 7) is 4.19.